The molecule has 1 amide bonds. The van der Waals surface area contributed by atoms with E-state index >= 15 is 0 Å². The fourth-order valence-electron chi connectivity index (χ4n) is 1.75. The van der Waals surface area contributed by atoms with Crippen molar-refractivity contribution in [2.45, 2.75) is 12.6 Å². The van der Waals surface area contributed by atoms with E-state index in [1.54, 1.807) is 0 Å². The molecule has 0 aliphatic carbocycles. The fraction of sp³-hybridized carbons (Fsp3) is 0.500. The minimum atomic E-state index is -4.82. The lowest BCUT2D eigenvalue weighted by Crippen LogP contribution is -2.55. The van der Waals surface area contributed by atoms with E-state index in [0.29, 0.717) is 12.2 Å². The van der Waals surface area contributed by atoms with E-state index < -0.39 is 17.9 Å². The molecule has 1 aromatic rings. The van der Waals surface area contributed by atoms with Crippen LogP contribution in [0.25, 0.3) is 0 Å². The number of likely N-dealkylation sites (tertiary alicyclic amines) is 1. The lowest BCUT2D eigenvalue weighted by Gasteiger charge is -2.39. The maximum absolute atomic E-state index is 12.5. The molecule has 4 nitrogen and oxygen atoms in total. The molecule has 0 N–H and O–H groups in total. The zero-order chi connectivity index (χ0) is 13.3. The Bertz CT molecular complexity index is 439. The predicted octanol–water partition coefficient (Wildman–Crippen LogP) is 1.18. The number of nitrogens with zero attached hydrogens (tertiary/aromatic N) is 3. The average molecular weight is 263 g/mol. The highest BCUT2D eigenvalue weighted by atomic mass is 19.4. The van der Waals surface area contributed by atoms with Crippen molar-refractivity contribution in [1.82, 2.24) is 14.9 Å². The van der Waals surface area contributed by atoms with E-state index in [1.807, 2.05) is 0 Å². The summed E-state index contributed by atoms with van der Waals surface area (Å²) in [4.78, 5) is 19.0. The zero-order valence-corrected chi connectivity index (χ0v) is 9.12. The van der Waals surface area contributed by atoms with Gasteiger partial charge in [-0.2, -0.15) is 13.2 Å². The maximum Gasteiger partial charge on any atom is 0.471 e. The molecule has 0 bridgehead atoms. The van der Waals surface area contributed by atoms with Gasteiger partial charge in [-0.1, -0.05) is 0 Å². The summed E-state index contributed by atoms with van der Waals surface area (Å²) in [5.74, 6) is -2.14. The standard InChI is InChI=1S/C10H9F4N3O/c11-7-2-15-8(16-3-7)1-6-4-17(5-6)9(18)10(12,13)14/h2-3,6H,1,4-5H2. The van der Waals surface area contributed by atoms with Crippen LogP contribution in [-0.2, 0) is 11.2 Å². The van der Waals surface area contributed by atoms with Crippen molar-refractivity contribution in [3.05, 3.63) is 24.0 Å². The molecular formula is C10H9F4N3O. The first-order valence-electron chi connectivity index (χ1n) is 5.19. The number of carbonyl (C=O) groups is 1. The molecule has 1 aliphatic rings. The Kier molecular flexibility index (Phi) is 3.18. The quantitative estimate of drug-likeness (QED) is 0.753. The third-order valence-electron chi connectivity index (χ3n) is 2.63. The van der Waals surface area contributed by atoms with Crippen LogP contribution in [0.4, 0.5) is 17.6 Å². The molecule has 18 heavy (non-hydrogen) atoms. The van der Waals surface area contributed by atoms with Crippen molar-refractivity contribution in [1.29, 1.82) is 0 Å². The number of halogens is 4. The molecule has 2 heterocycles. The molecule has 1 aliphatic heterocycles. The van der Waals surface area contributed by atoms with Crippen molar-refractivity contribution in [2.24, 2.45) is 5.92 Å². The summed E-state index contributed by atoms with van der Waals surface area (Å²) in [7, 11) is 0. The molecule has 1 fully saturated rings. The third-order valence-corrected chi connectivity index (χ3v) is 2.63. The normalized spacial score (nSPS) is 16.6. The van der Waals surface area contributed by atoms with E-state index in [1.165, 1.54) is 0 Å². The predicted molar refractivity (Wildman–Crippen MR) is 51.8 cm³/mol. The second-order valence-electron chi connectivity index (χ2n) is 4.10. The van der Waals surface area contributed by atoms with Crippen LogP contribution in [-0.4, -0.2) is 40.0 Å². The minimum absolute atomic E-state index is 0.0269. The van der Waals surface area contributed by atoms with Crippen molar-refractivity contribution in [3.8, 4) is 0 Å². The molecule has 0 unspecified atom stereocenters. The molecular weight excluding hydrogens is 254 g/mol. The lowest BCUT2D eigenvalue weighted by molar-refractivity contribution is -0.191. The van der Waals surface area contributed by atoms with E-state index in [4.69, 9.17) is 0 Å². The Hall–Kier alpha value is -1.73. The van der Waals surface area contributed by atoms with Crippen molar-refractivity contribution in [3.63, 3.8) is 0 Å². The molecule has 2 rings (SSSR count). The SMILES string of the molecule is O=C(N1CC(Cc2ncc(F)cn2)C1)C(F)(F)F. The van der Waals surface area contributed by atoms with Crippen molar-refractivity contribution >= 4 is 5.91 Å². The number of rotatable bonds is 2. The monoisotopic (exact) mass is 263 g/mol. The van der Waals surface area contributed by atoms with Gasteiger partial charge in [0.2, 0.25) is 0 Å². The van der Waals surface area contributed by atoms with Gasteiger partial charge in [-0.15, -0.1) is 0 Å². The van der Waals surface area contributed by atoms with Crippen LogP contribution in [0, 0.1) is 11.7 Å². The molecule has 98 valence electrons. The lowest BCUT2D eigenvalue weighted by atomic mass is 9.96. The number of hydrogen-bond acceptors (Lipinski definition) is 3. The minimum Gasteiger partial charge on any atom is -0.334 e. The number of amides is 1. The Morgan fingerprint density at radius 3 is 2.39 bits per heavy atom. The molecule has 0 spiro atoms. The van der Waals surface area contributed by atoms with Gasteiger partial charge in [-0.25, -0.2) is 14.4 Å². The Labute approximate surface area is 99.6 Å². The van der Waals surface area contributed by atoms with Gasteiger partial charge in [0.15, 0.2) is 5.82 Å². The largest absolute Gasteiger partial charge is 0.471 e. The molecule has 1 saturated heterocycles. The van der Waals surface area contributed by atoms with Crippen LogP contribution in [0.1, 0.15) is 5.82 Å². The highest BCUT2D eigenvalue weighted by Crippen LogP contribution is 2.26. The first kappa shape index (κ1) is 12.7. The van der Waals surface area contributed by atoms with Crippen LogP contribution in [0.15, 0.2) is 12.4 Å². The summed E-state index contributed by atoms with van der Waals surface area (Å²) in [5, 5.41) is 0. The van der Waals surface area contributed by atoms with E-state index in [0.717, 1.165) is 17.3 Å². The molecule has 0 aromatic carbocycles. The Morgan fingerprint density at radius 1 is 1.33 bits per heavy atom. The second kappa shape index (κ2) is 4.51. The zero-order valence-electron chi connectivity index (χ0n) is 9.12. The topological polar surface area (TPSA) is 46.1 Å². The third kappa shape index (κ3) is 2.74. The van der Waals surface area contributed by atoms with Crippen LogP contribution in [0.2, 0.25) is 0 Å². The molecule has 8 heteroatoms. The van der Waals surface area contributed by atoms with Gasteiger partial charge in [0.25, 0.3) is 0 Å². The van der Waals surface area contributed by atoms with Crippen LogP contribution in [0.5, 0.6) is 0 Å². The first-order chi connectivity index (χ1) is 8.36. The van der Waals surface area contributed by atoms with Gasteiger partial charge in [0, 0.05) is 25.4 Å². The van der Waals surface area contributed by atoms with Gasteiger partial charge in [0.1, 0.15) is 5.82 Å². The van der Waals surface area contributed by atoms with Crippen LogP contribution >= 0.6 is 0 Å². The number of hydrogen-bond donors (Lipinski definition) is 0. The molecule has 0 saturated carbocycles. The molecule has 0 atom stereocenters. The van der Waals surface area contributed by atoms with Crippen molar-refractivity contribution in [2.75, 3.05) is 13.1 Å². The second-order valence-corrected chi connectivity index (χ2v) is 4.10. The fourth-order valence-corrected chi connectivity index (χ4v) is 1.75. The summed E-state index contributed by atoms with van der Waals surface area (Å²) in [5.41, 5.74) is 0. The molecule has 0 radical (unpaired) electrons. The summed E-state index contributed by atoms with van der Waals surface area (Å²) in [6.07, 6.45) is -2.49. The van der Waals surface area contributed by atoms with Crippen LogP contribution in [0.3, 0.4) is 0 Å². The van der Waals surface area contributed by atoms with Gasteiger partial charge >= 0.3 is 12.1 Å². The smallest absolute Gasteiger partial charge is 0.334 e. The summed E-state index contributed by atoms with van der Waals surface area (Å²) < 4.78 is 48.7. The van der Waals surface area contributed by atoms with Gasteiger partial charge < -0.3 is 4.90 Å². The van der Waals surface area contributed by atoms with Gasteiger partial charge in [-0.3, -0.25) is 4.79 Å². The van der Waals surface area contributed by atoms with Gasteiger partial charge in [0.05, 0.1) is 12.4 Å². The number of aromatic nitrogens is 2. The summed E-state index contributed by atoms with van der Waals surface area (Å²) >= 11 is 0. The average Bonchev–Trinajstić information content (AvgIpc) is 2.23. The Morgan fingerprint density at radius 2 is 1.89 bits per heavy atom. The molecule has 1 aromatic heterocycles. The maximum atomic E-state index is 12.5. The number of alkyl halides is 3. The van der Waals surface area contributed by atoms with E-state index in [-0.39, 0.29) is 19.0 Å². The highest BCUT2D eigenvalue weighted by molar-refractivity contribution is 5.82. The number of carbonyl (C=O) groups excluding carboxylic acids is 1. The van der Waals surface area contributed by atoms with E-state index in [9.17, 15) is 22.4 Å². The van der Waals surface area contributed by atoms with Crippen LogP contribution < -0.4 is 0 Å². The summed E-state index contributed by atoms with van der Waals surface area (Å²) in [6.45, 7) is 0.0537. The summed E-state index contributed by atoms with van der Waals surface area (Å²) in [6, 6.07) is 0. The van der Waals surface area contributed by atoms with Gasteiger partial charge in [-0.05, 0) is 0 Å². The van der Waals surface area contributed by atoms with Crippen molar-refractivity contribution < 1.29 is 22.4 Å². The highest BCUT2D eigenvalue weighted by Gasteiger charge is 2.46. The first-order valence-corrected chi connectivity index (χ1v) is 5.19. The van der Waals surface area contributed by atoms with E-state index in [2.05, 4.69) is 9.97 Å². The Balaban J connectivity index is 1.83.